The molecule has 0 aliphatic heterocycles. The van der Waals surface area contributed by atoms with Crippen molar-refractivity contribution in [1.82, 2.24) is 9.97 Å². The van der Waals surface area contributed by atoms with Crippen LogP contribution in [0.25, 0.3) is 11.6 Å². The zero-order valence-corrected chi connectivity index (χ0v) is 12.1. The number of nitrogens with one attached hydrogen (secondary N) is 1. The molecule has 0 amide bonds. The van der Waals surface area contributed by atoms with Gasteiger partial charge in [-0.2, -0.15) is 0 Å². The van der Waals surface area contributed by atoms with Gasteiger partial charge in [0.1, 0.15) is 5.69 Å². The van der Waals surface area contributed by atoms with E-state index in [2.05, 4.69) is 40.2 Å². The van der Waals surface area contributed by atoms with Gasteiger partial charge in [-0.3, -0.25) is 0 Å². The highest BCUT2D eigenvalue weighted by molar-refractivity contribution is 5.67. The van der Waals surface area contributed by atoms with Crippen LogP contribution in [0.4, 0.5) is 11.5 Å². The lowest BCUT2D eigenvalue weighted by Gasteiger charge is -2.09. The van der Waals surface area contributed by atoms with Gasteiger partial charge in [-0.25, -0.2) is 15.0 Å². The Morgan fingerprint density at radius 1 is 1.33 bits per heavy atom. The van der Waals surface area contributed by atoms with Crippen LogP contribution >= 0.6 is 0 Å². The molecule has 0 aliphatic carbocycles. The lowest BCUT2D eigenvalue weighted by atomic mass is 10.2. The fourth-order valence-electron chi connectivity index (χ4n) is 1.84. The molecule has 0 fully saturated rings. The Kier molecular flexibility index (Phi) is 4.61. The Labute approximate surface area is 125 Å². The van der Waals surface area contributed by atoms with E-state index in [9.17, 15) is 0 Å². The molecule has 1 aromatic carbocycles. The smallest absolute Gasteiger partial charge is 0.177 e. The van der Waals surface area contributed by atoms with Gasteiger partial charge in [-0.15, -0.1) is 0 Å². The van der Waals surface area contributed by atoms with Gasteiger partial charge in [0.25, 0.3) is 0 Å². The normalized spacial score (nSPS) is 9.95. The summed E-state index contributed by atoms with van der Waals surface area (Å²) in [6.45, 7) is 13.6. The minimum absolute atomic E-state index is 0.515. The molecule has 0 aliphatic rings. The first-order valence-electron chi connectivity index (χ1n) is 6.59. The van der Waals surface area contributed by atoms with Crippen molar-refractivity contribution in [3.63, 3.8) is 0 Å². The monoisotopic (exact) mass is 278 g/mol. The van der Waals surface area contributed by atoms with Crippen LogP contribution in [-0.2, 0) is 6.54 Å². The first-order chi connectivity index (χ1) is 10.1. The summed E-state index contributed by atoms with van der Waals surface area (Å²) < 4.78 is 0. The summed E-state index contributed by atoms with van der Waals surface area (Å²) in [6.07, 6.45) is 3.51. The number of nitrogens with zero attached hydrogens (tertiary/aromatic N) is 3. The Hall–Kier alpha value is -2.75. The van der Waals surface area contributed by atoms with Crippen molar-refractivity contribution in [2.45, 2.75) is 13.5 Å². The molecule has 0 saturated heterocycles. The third-order valence-electron chi connectivity index (χ3n) is 2.98. The number of allylic oxidation sites excluding steroid dienone is 1. The maximum Gasteiger partial charge on any atom is 0.177 e. The van der Waals surface area contributed by atoms with Gasteiger partial charge < -0.3 is 5.32 Å². The molecule has 1 heterocycles. The van der Waals surface area contributed by atoms with Crippen LogP contribution in [0.1, 0.15) is 23.9 Å². The van der Waals surface area contributed by atoms with Crippen molar-refractivity contribution in [2.24, 2.45) is 4.99 Å². The molecule has 21 heavy (non-hydrogen) atoms. The van der Waals surface area contributed by atoms with E-state index < -0.39 is 0 Å². The van der Waals surface area contributed by atoms with E-state index in [4.69, 9.17) is 0 Å². The third-order valence-corrected chi connectivity index (χ3v) is 2.98. The standard InChI is InChI=1S/C17H18N4/c1-5-13-6-8-14(9-7-13)19-10-15-11-20-17(18-4)16(21-15)12(2)3/h5-9,11,19H,1-2,4,10H2,3H3. The number of aliphatic imine (C=N–C) groups is 1. The molecule has 0 spiro atoms. The molecule has 2 rings (SSSR count). The second kappa shape index (κ2) is 6.61. The number of benzene rings is 1. The highest BCUT2D eigenvalue weighted by atomic mass is 15.0. The summed E-state index contributed by atoms with van der Waals surface area (Å²) in [4.78, 5) is 12.6. The van der Waals surface area contributed by atoms with E-state index in [0.29, 0.717) is 18.1 Å². The molecule has 0 atom stereocenters. The SMILES string of the molecule is C=Cc1ccc(NCc2cnc(N=C)c(C(=C)C)n2)cc1. The largest absolute Gasteiger partial charge is 0.379 e. The van der Waals surface area contributed by atoms with Crippen molar-refractivity contribution >= 4 is 29.9 Å². The summed E-state index contributed by atoms with van der Waals surface area (Å²) in [6, 6.07) is 8.02. The molecular formula is C17H18N4. The summed E-state index contributed by atoms with van der Waals surface area (Å²) in [7, 11) is 0. The van der Waals surface area contributed by atoms with Crippen LogP contribution in [0.2, 0.25) is 0 Å². The van der Waals surface area contributed by atoms with Gasteiger partial charge in [0.15, 0.2) is 5.82 Å². The highest BCUT2D eigenvalue weighted by Crippen LogP contribution is 2.20. The summed E-state index contributed by atoms with van der Waals surface area (Å²) >= 11 is 0. The lowest BCUT2D eigenvalue weighted by molar-refractivity contribution is 0.993. The van der Waals surface area contributed by atoms with Crippen molar-refractivity contribution in [2.75, 3.05) is 5.32 Å². The van der Waals surface area contributed by atoms with E-state index in [-0.39, 0.29) is 0 Å². The van der Waals surface area contributed by atoms with Crippen LogP contribution < -0.4 is 5.32 Å². The quantitative estimate of drug-likeness (QED) is 0.809. The molecule has 0 saturated carbocycles. The number of hydrogen-bond donors (Lipinski definition) is 1. The van der Waals surface area contributed by atoms with Crippen LogP contribution in [0.3, 0.4) is 0 Å². The summed E-state index contributed by atoms with van der Waals surface area (Å²) in [5, 5.41) is 3.30. The zero-order chi connectivity index (χ0) is 15.2. The van der Waals surface area contributed by atoms with Crippen LogP contribution in [0, 0.1) is 0 Å². The van der Waals surface area contributed by atoms with E-state index >= 15 is 0 Å². The summed E-state index contributed by atoms with van der Waals surface area (Å²) in [5.41, 5.74) is 4.44. The fraction of sp³-hybridized carbons (Fsp3) is 0.118. The second-order valence-corrected chi connectivity index (χ2v) is 4.65. The zero-order valence-electron chi connectivity index (χ0n) is 12.1. The Balaban J connectivity index is 2.12. The van der Waals surface area contributed by atoms with E-state index in [0.717, 1.165) is 22.5 Å². The van der Waals surface area contributed by atoms with E-state index in [1.165, 1.54) is 0 Å². The average molecular weight is 278 g/mol. The van der Waals surface area contributed by atoms with Crippen LogP contribution in [-0.4, -0.2) is 16.7 Å². The molecular weight excluding hydrogens is 260 g/mol. The van der Waals surface area contributed by atoms with Crippen molar-refractivity contribution in [3.8, 4) is 0 Å². The number of anilines is 1. The molecule has 0 bridgehead atoms. The second-order valence-electron chi connectivity index (χ2n) is 4.65. The Bertz CT molecular complexity index is 672. The van der Waals surface area contributed by atoms with Crippen LogP contribution in [0.5, 0.6) is 0 Å². The Morgan fingerprint density at radius 2 is 2.05 bits per heavy atom. The van der Waals surface area contributed by atoms with Gasteiger partial charge in [0.05, 0.1) is 18.4 Å². The topological polar surface area (TPSA) is 50.2 Å². The minimum atomic E-state index is 0.515. The highest BCUT2D eigenvalue weighted by Gasteiger charge is 2.07. The fourth-order valence-corrected chi connectivity index (χ4v) is 1.84. The lowest BCUT2D eigenvalue weighted by Crippen LogP contribution is -2.04. The number of aromatic nitrogens is 2. The maximum atomic E-state index is 4.52. The molecule has 4 heteroatoms. The Morgan fingerprint density at radius 3 is 2.62 bits per heavy atom. The van der Waals surface area contributed by atoms with Gasteiger partial charge in [-0.1, -0.05) is 31.4 Å². The molecule has 1 N–H and O–H groups in total. The molecule has 106 valence electrons. The van der Waals surface area contributed by atoms with Crippen molar-refractivity contribution in [1.29, 1.82) is 0 Å². The molecule has 1 aromatic heterocycles. The third kappa shape index (κ3) is 3.63. The van der Waals surface area contributed by atoms with Gasteiger partial charge in [0, 0.05) is 5.69 Å². The van der Waals surface area contributed by atoms with Gasteiger partial charge in [0.2, 0.25) is 0 Å². The summed E-state index contributed by atoms with van der Waals surface area (Å²) in [5.74, 6) is 0.515. The first-order valence-corrected chi connectivity index (χ1v) is 6.59. The first kappa shape index (κ1) is 14.7. The van der Waals surface area contributed by atoms with E-state index in [1.807, 2.05) is 37.3 Å². The van der Waals surface area contributed by atoms with Crippen molar-refractivity contribution in [3.05, 3.63) is 60.6 Å². The predicted molar refractivity (Wildman–Crippen MR) is 89.8 cm³/mol. The molecule has 0 unspecified atom stereocenters. The minimum Gasteiger partial charge on any atom is -0.379 e. The predicted octanol–water partition coefficient (Wildman–Crippen LogP) is 4.10. The van der Waals surface area contributed by atoms with Gasteiger partial charge >= 0.3 is 0 Å². The van der Waals surface area contributed by atoms with Crippen molar-refractivity contribution < 1.29 is 0 Å². The molecule has 0 radical (unpaired) electrons. The van der Waals surface area contributed by atoms with Crippen LogP contribution in [0.15, 0.2) is 48.6 Å². The maximum absolute atomic E-state index is 4.52. The number of hydrogen-bond acceptors (Lipinski definition) is 4. The number of rotatable bonds is 6. The van der Waals surface area contributed by atoms with Gasteiger partial charge in [-0.05, 0) is 36.9 Å². The average Bonchev–Trinajstić information content (AvgIpc) is 2.53. The molecule has 2 aromatic rings. The molecule has 4 nitrogen and oxygen atoms in total. The van der Waals surface area contributed by atoms with E-state index in [1.54, 1.807) is 6.20 Å².